The van der Waals surface area contributed by atoms with Crippen molar-refractivity contribution >= 4 is 40.9 Å². The van der Waals surface area contributed by atoms with Crippen LogP contribution >= 0.6 is 35.0 Å². The SMILES string of the molecule is CC1CC=C(SCC(=O)NC[C@H]2CN(CC3C=C(Cl)C(Cl)=CC3)CCO2)N=N1. The molecule has 0 radical (unpaired) electrons. The number of hydrogen-bond donors (Lipinski definition) is 1. The zero-order valence-electron chi connectivity index (χ0n) is 15.9. The van der Waals surface area contributed by atoms with Crippen molar-refractivity contribution in [2.24, 2.45) is 16.1 Å². The van der Waals surface area contributed by atoms with Gasteiger partial charge in [0.1, 0.15) is 5.03 Å². The van der Waals surface area contributed by atoms with Gasteiger partial charge in [-0.2, -0.15) is 5.11 Å². The summed E-state index contributed by atoms with van der Waals surface area (Å²) in [6, 6.07) is 0.234. The highest BCUT2D eigenvalue weighted by atomic mass is 35.5. The van der Waals surface area contributed by atoms with E-state index >= 15 is 0 Å². The van der Waals surface area contributed by atoms with Crippen LogP contribution in [0.5, 0.6) is 0 Å². The molecule has 6 nitrogen and oxygen atoms in total. The molecule has 1 aliphatic carbocycles. The van der Waals surface area contributed by atoms with E-state index < -0.39 is 0 Å². The molecule has 28 heavy (non-hydrogen) atoms. The van der Waals surface area contributed by atoms with Crippen molar-refractivity contribution in [2.45, 2.75) is 31.9 Å². The third-order valence-electron chi connectivity index (χ3n) is 4.79. The lowest BCUT2D eigenvalue weighted by Crippen LogP contribution is -2.48. The van der Waals surface area contributed by atoms with Crippen LogP contribution in [0.3, 0.4) is 0 Å². The van der Waals surface area contributed by atoms with E-state index in [1.54, 1.807) is 0 Å². The monoisotopic (exact) mass is 444 g/mol. The van der Waals surface area contributed by atoms with Crippen LogP contribution in [0.15, 0.2) is 43.6 Å². The quantitative estimate of drug-likeness (QED) is 0.646. The van der Waals surface area contributed by atoms with Gasteiger partial charge in [0.15, 0.2) is 0 Å². The average Bonchev–Trinajstić information content (AvgIpc) is 2.69. The standard InChI is InChI=1S/C19H26Cl2N4O2S/c1-13-2-5-19(24-23-13)28-12-18(26)22-9-15-11-25(6-7-27-15)10-14-3-4-16(20)17(21)8-14/h4-5,8,13-15H,2-3,6-7,9-12H2,1H3,(H,22,26)/t13?,14?,15-/m0/s1. The Morgan fingerprint density at radius 2 is 2.21 bits per heavy atom. The van der Waals surface area contributed by atoms with Gasteiger partial charge >= 0.3 is 0 Å². The van der Waals surface area contributed by atoms with Gasteiger partial charge in [-0.25, -0.2) is 0 Å². The van der Waals surface area contributed by atoms with E-state index in [-0.39, 0.29) is 18.1 Å². The number of nitrogens with one attached hydrogen (secondary N) is 1. The van der Waals surface area contributed by atoms with E-state index in [2.05, 4.69) is 20.4 Å². The fourth-order valence-electron chi connectivity index (χ4n) is 3.26. The fraction of sp³-hybridized carbons (Fsp3) is 0.632. The summed E-state index contributed by atoms with van der Waals surface area (Å²) in [7, 11) is 0. The molecule has 0 aromatic rings. The zero-order chi connectivity index (χ0) is 19.9. The topological polar surface area (TPSA) is 66.3 Å². The molecular formula is C19H26Cl2N4O2S. The minimum absolute atomic E-state index is 0.000643. The van der Waals surface area contributed by atoms with Crippen molar-refractivity contribution in [3.05, 3.63) is 33.3 Å². The number of morpholine rings is 1. The number of carbonyl (C=O) groups excluding carboxylic acids is 1. The predicted molar refractivity (Wildman–Crippen MR) is 115 cm³/mol. The molecule has 0 bridgehead atoms. The van der Waals surface area contributed by atoms with Crippen LogP contribution in [-0.4, -0.2) is 61.5 Å². The molecule has 3 atom stereocenters. The zero-order valence-corrected chi connectivity index (χ0v) is 18.3. The molecule has 0 aromatic heterocycles. The van der Waals surface area contributed by atoms with Gasteiger partial charge in [-0.3, -0.25) is 9.69 Å². The molecule has 1 saturated heterocycles. The second-order valence-electron chi connectivity index (χ2n) is 7.25. The first-order valence-electron chi connectivity index (χ1n) is 9.57. The van der Waals surface area contributed by atoms with Gasteiger partial charge in [0.25, 0.3) is 0 Å². The Morgan fingerprint density at radius 1 is 1.36 bits per heavy atom. The Labute approximate surface area is 180 Å². The fourth-order valence-corrected chi connectivity index (χ4v) is 4.36. The highest BCUT2D eigenvalue weighted by molar-refractivity contribution is 8.03. The van der Waals surface area contributed by atoms with E-state index in [0.29, 0.717) is 34.9 Å². The van der Waals surface area contributed by atoms with Crippen molar-refractivity contribution in [1.29, 1.82) is 0 Å². The Kier molecular flexibility index (Phi) is 8.41. The predicted octanol–water partition coefficient (Wildman–Crippen LogP) is 3.89. The first kappa shape index (κ1) is 21.8. The van der Waals surface area contributed by atoms with Crippen molar-refractivity contribution in [2.75, 3.05) is 38.5 Å². The van der Waals surface area contributed by atoms with Gasteiger partial charge in [0, 0.05) is 26.2 Å². The van der Waals surface area contributed by atoms with E-state index in [4.69, 9.17) is 27.9 Å². The molecule has 2 aliphatic heterocycles. The van der Waals surface area contributed by atoms with Gasteiger partial charge in [-0.05, 0) is 31.8 Å². The number of rotatable bonds is 7. The molecule has 3 rings (SSSR count). The average molecular weight is 445 g/mol. The third kappa shape index (κ3) is 6.88. The van der Waals surface area contributed by atoms with Gasteiger partial charge < -0.3 is 10.1 Å². The van der Waals surface area contributed by atoms with Crippen molar-refractivity contribution < 1.29 is 9.53 Å². The van der Waals surface area contributed by atoms with Crippen LogP contribution in [0.25, 0.3) is 0 Å². The maximum absolute atomic E-state index is 12.1. The lowest BCUT2D eigenvalue weighted by molar-refractivity contribution is -0.119. The molecule has 1 amide bonds. The minimum atomic E-state index is -0.0118. The highest BCUT2D eigenvalue weighted by Crippen LogP contribution is 2.29. The summed E-state index contributed by atoms with van der Waals surface area (Å²) < 4.78 is 5.81. The van der Waals surface area contributed by atoms with Gasteiger partial charge in [-0.1, -0.05) is 47.1 Å². The molecule has 154 valence electrons. The molecule has 0 spiro atoms. The summed E-state index contributed by atoms with van der Waals surface area (Å²) in [6.07, 6.45) is 7.82. The van der Waals surface area contributed by atoms with Gasteiger partial charge in [-0.15, -0.1) is 5.11 Å². The number of carbonyl (C=O) groups is 1. The molecule has 0 aromatic carbocycles. The number of hydrogen-bond acceptors (Lipinski definition) is 6. The third-order valence-corrected chi connectivity index (χ3v) is 6.53. The summed E-state index contributed by atoms with van der Waals surface area (Å²) in [5, 5.41) is 13.3. The summed E-state index contributed by atoms with van der Waals surface area (Å²) in [4.78, 5) is 14.5. The second kappa shape index (κ2) is 10.8. The molecular weight excluding hydrogens is 419 g/mol. The number of ether oxygens (including phenoxy) is 1. The van der Waals surface area contributed by atoms with E-state index in [9.17, 15) is 4.79 Å². The Hall–Kier alpha value is -0.860. The summed E-state index contributed by atoms with van der Waals surface area (Å²) in [6.45, 7) is 5.80. The van der Waals surface area contributed by atoms with Crippen molar-refractivity contribution in [1.82, 2.24) is 10.2 Å². The minimum Gasteiger partial charge on any atom is -0.374 e. The summed E-state index contributed by atoms with van der Waals surface area (Å²) in [5.74, 6) is 0.691. The number of nitrogens with zero attached hydrogens (tertiary/aromatic N) is 3. The summed E-state index contributed by atoms with van der Waals surface area (Å²) >= 11 is 13.6. The smallest absolute Gasteiger partial charge is 0.230 e. The van der Waals surface area contributed by atoms with Crippen LogP contribution in [0, 0.1) is 5.92 Å². The first-order valence-corrected chi connectivity index (χ1v) is 11.3. The van der Waals surface area contributed by atoms with E-state index in [0.717, 1.165) is 37.5 Å². The highest BCUT2D eigenvalue weighted by Gasteiger charge is 2.24. The molecule has 0 saturated carbocycles. The molecule has 1 N–H and O–H groups in total. The molecule has 3 aliphatic rings. The maximum Gasteiger partial charge on any atom is 0.230 e. The Bertz CT molecular complexity index is 695. The van der Waals surface area contributed by atoms with Crippen molar-refractivity contribution in [3.8, 4) is 0 Å². The van der Waals surface area contributed by atoms with E-state index in [1.165, 1.54) is 11.8 Å². The molecule has 2 heterocycles. The largest absolute Gasteiger partial charge is 0.374 e. The number of amides is 1. The Balaban J connectivity index is 1.35. The molecule has 1 fully saturated rings. The lowest BCUT2D eigenvalue weighted by Gasteiger charge is -2.35. The number of azo groups is 1. The Morgan fingerprint density at radius 3 is 2.96 bits per heavy atom. The normalized spacial score (nSPS) is 28.4. The number of thioether (sulfide) groups is 1. The molecule has 2 unspecified atom stereocenters. The second-order valence-corrected chi connectivity index (χ2v) is 9.06. The van der Waals surface area contributed by atoms with Crippen LogP contribution in [0.1, 0.15) is 19.8 Å². The van der Waals surface area contributed by atoms with Crippen LogP contribution in [0.4, 0.5) is 0 Å². The van der Waals surface area contributed by atoms with Gasteiger partial charge in [0.05, 0.1) is 34.6 Å². The van der Waals surface area contributed by atoms with Crippen molar-refractivity contribution in [3.63, 3.8) is 0 Å². The van der Waals surface area contributed by atoms with Crippen LogP contribution in [0.2, 0.25) is 0 Å². The van der Waals surface area contributed by atoms with Crippen LogP contribution in [-0.2, 0) is 9.53 Å². The lowest BCUT2D eigenvalue weighted by atomic mass is 9.99. The maximum atomic E-state index is 12.1. The number of halogens is 2. The molecule has 9 heteroatoms. The van der Waals surface area contributed by atoms with Gasteiger partial charge in [0.2, 0.25) is 5.91 Å². The first-order chi connectivity index (χ1) is 13.5. The summed E-state index contributed by atoms with van der Waals surface area (Å²) in [5.41, 5.74) is 0. The number of allylic oxidation sites excluding steroid dienone is 3. The van der Waals surface area contributed by atoms with E-state index in [1.807, 2.05) is 25.2 Å². The van der Waals surface area contributed by atoms with Crippen LogP contribution < -0.4 is 5.32 Å².